The minimum Gasteiger partial charge on any atom is -0.388 e. The lowest BCUT2D eigenvalue weighted by Gasteiger charge is -2.22. The standard InChI is InChI=1S/C16H24N2O2/c1-12-5-6-14(13(2)9-12)10-17-15(19)18-11-16(20)7-3-4-8-16/h5-6,9,20H,3-4,7-8,10-11H2,1-2H3,(H2,17,18,19). The summed E-state index contributed by atoms with van der Waals surface area (Å²) in [6.07, 6.45) is 3.65. The predicted octanol–water partition coefficient (Wildman–Crippen LogP) is 2.41. The zero-order valence-electron chi connectivity index (χ0n) is 12.3. The fourth-order valence-corrected chi connectivity index (χ4v) is 2.74. The first kappa shape index (κ1) is 14.9. The highest BCUT2D eigenvalue weighted by Crippen LogP contribution is 2.28. The lowest BCUT2D eigenvalue weighted by molar-refractivity contribution is 0.0501. The van der Waals surface area contributed by atoms with Crippen LogP contribution in [0, 0.1) is 13.8 Å². The number of urea groups is 1. The van der Waals surface area contributed by atoms with Gasteiger partial charge in [0.05, 0.1) is 5.60 Å². The molecular formula is C16H24N2O2. The molecule has 0 heterocycles. The number of rotatable bonds is 4. The largest absolute Gasteiger partial charge is 0.388 e. The Hall–Kier alpha value is -1.55. The van der Waals surface area contributed by atoms with Crippen LogP contribution in [0.1, 0.15) is 42.4 Å². The Morgan fingerprint density at radius 1 is 1.25 bits per heavy atom. The number of hydrogen-bond donors (Lipinski definition) is 3. The molecule has 1 aromatic carbocycles. The number of benzene rings is 1. The van der Waals surface area contributed by atoms with E-state index in [1.165, 1.54) is 11.1 Å². The number of aliphatic hydroxyl groups is 1. The summed E-state index contributed by atoms with van der Waals surface area (Å²) in [5.74, 6) is 0. The molecule has 0 spiro atoms. The normalized spacial score (nSPS) is 16.9. The summed E-state index contributed by atoms with van der Waals surface area (Å²) < 4.78 is 0. The van der Waals surface area contributed by atoms with Crippen molar-refractivity contribution in [1.82, 2.24) is 10.6 Å². The van der Waals surface area contributed by atoms with Gasteiger partial charge in [-0.25, -0.2) is 4.79 Å². The molecule has 2 amide bonds. The Kier molecular flexibility index (Phi) is 4.65. The topological polar surface area (TPSA) is 61.4 Å². The van der Waals surface area contributed by atoms with Crippen molar-refractivity contribution in [3.05, 3.63) is 34.9 Å². The van der Waals surface area contributed by atoms with Gasteiger partial charge in [0.15, 0.2) is 0 Å². The smallest absolute Gasteiger partial charge is 0.315 e. The van der Waals surface area contributed by atoms with Crippen LogP contribution in [0.25, 0.3) is 0 Å². The summed E-state index contributed by atoms with van der Waals surface area (Å²) in [4.78, 5) is 11.8. The molecule has 0 atom stereocenters. The van der Waals surface area contributed by atoms with E-state index in [1.807, 2.05) is 19.1 Å². The summed E-state index contributed by atoms with van der Waals surface area (Å²) in [5, 5.41) is 15.8. The molecule has 1 saturated carbocycles. The van der Waals surface area contributed by atoms with Crippen molar-refractivity contribution in [3.8, 4) is 0 Å². The van der Waals surface area contributed by atoms with Gasteiger partial charge in [-0.2, -0.15) is 0 Å². The molecule has 0 aromatic heterocycles. The molecule has 0 aliphatic heterocycles. The van der Waals surface area contributed by atoms with E-state index < -0.39 is 5.60 Å². The summed E-state index contributed by atoms with van der Waals surface area (Å²) in [5.41, 5.74) is 2.82. The number of nitrogens with one attached hydrogen (secondary N) is 2. The SMILES string of the molecule is Cc1ccc(CNC(=O)NCC2(O)CCCC2)c(C)c1. The van der Waals surface area contributed by atoms with Crippen LogP contribution in [-0.2, 0) is 6.54 Å². The highest BCUT2D eigenvalue weighted by Gasteiger charge is 2.31. The molecule has 1 aliphatic rings. The van der Waals surface area contributed by atoms with Crippen LogP contribution in [-0.4, -0.2) is 23.3 Å². The molecule has 1 fully saturated rings. The lowest BCUT2D eigenvalue weighted by Crippen LogP contribution is -2.44. The van der Waals surface area contributed by atoms with E-state index in [0.29, 0.717) is 13.1 Å². The molecule has 1 aliphatic carbocycles. The van der Waals surface area contributed by atoms with E-state index in [2.05, 4.69) is 23.6 Å². The number of aryl methyl sites for hydroxylation is 2. The molecule has 0 bridgehead atoms. The summed E-state index contributed by atoms with van der Waals surface area (Å²) in [6.45, 7) is 4.95. The molecule has 3 N–H and O–H groups in total. The van der Waals surface area contributed by atoms with E-state index in [1.54, 1.807) is 0 Å². The first-order valence-corrected chi connectivity index (χ1v) is 7.29. The van der Waals surface area contributed by atoms with E-state index in [9.17, 15) is 9.90 Å². The second kappa shape index (κ2) is 6.27. The third-order valence-corrected chi connectivity index (χ3v) is 4.05. The molecule has 1 aromatic rings. The first-order chi connectivity index (χ1) is 9.48. The van der Waals surface area contributed by atoms with Crippen LogP contribution in [0.5, 0.6) is 0 Å². The van der Waals surface area contributed by atoms with Crippen LogP contribution < -0.4 is 10.6 Å². The average molecular weight is 276 g/mol. The van der Waals surface area contributed by atoms with Gasteiger partial charge in [0.1, 0.15) is 0 Å². The van der Waals surface area contributed by atoms with Crippen molar-refractivity contribution >= 4 is 6.03 Å². The van der Waals surface area contributed by atoms with Gasteiger partial charge in [0.2, 0.25) is 0 Å². The zero-order chi connectivity index (χ0) is 14.6. The monoisotopic (exact) mass is 276 g/mol. The summed E-state index contributed by atoms with van der Waals surface area (Å²) in [7, 11) is 0. The van der Waals surface area contributed by atoms with Crippen LogP contribution in [0.3, 0.4) is 0 Å². The maximum atomic E-state index is 11.8. The average Bonchev–Trinajstić information content (AvgIpc) is 2.83. The third-order valence-electron chi connectivity index (χ3n) is 4.05. The van der Waals surface area contributed by atoms with Gasteiger partial charge in [-0.15, -0.1) is 0 Å². The highest BCUT2D eigenvalue weighted by atomic mass is 16.3. The Morgan fingerprint density at radius 3 is 2.60 bits per heavy atom. The maximum Gasteiger partial charge on any atom is 0.315 e. The lowest BCUT2D eigenvalue weighted by atomic mass is 10.0. The van der Waals surface area contributed by atoms with Gasteiger partial charge < -0.3 is 15.7 Å². The van der Waals surface area contributed by atoms with Gasteiger partial charge in [0.25, 0.3) is 0 Å². The molecule has 2 rings (SSSR count). The minimum absolute atomic E-state index is 0.217. The van der Waals surface area contributed by atoms with Gasteiger partial charge in [-0.3, -0.25) is 0 Å². The first-order valence-electron chi connectivity index (χ1n) is 7.29. The van der Waals surface area contributed by atoms with Crippen molar-refractivity contribution in [2.45, 2.75) is 51.7 Å². The molecule has 4 nitrogen and oxygen atoms in total. The fourth-order valence-electron chi connectivity index (χ4n) is 2.74. The molecule has 0 saturated heterocycles. The Labute approximate surface area is 120 Å². The minimum atomic E-state index is -0.697. The van der Waals surface area contributed by atoms with Crippen molar-refractivity contribution < 1.29 is 9.90 Å². The quantitative estimate of drug-likeness (QED) is 0.791. The van der Waals surface area contributed by atoms with Crippen LogP contribution in [0.4, 0.5) is 4.79 Å². The van der Waals surface area contributed by atoms with Gasteiger partial charge in [-0.05, 0) is 37.8 Å². The van der Waals surface area contributed by atoms with Crippen LogP contribution in [0.15, 0.2) is 18.2 Å². The number of amides is 2. The molecule has 0 radical (unpaired) electrons. The Balaban J connectivity index is 1.77. The number of carbonyl (C=O) groups is 1. The molecule has 20 heavy (non-hydrogen) atoms. The second-order valence-corrected chi connectivity index (χ2v) is 5.90. The maximum absolute atomic E-state index is 11.8. The van der Waals surface area contributed by atoms with E-state index in [-0.39, 0.29) is 6.03 Å². The molecule has 110 valence electrons. The Morgan fingerprint density at radius 2 is 1.95 bits per heavy atom. The van der Waals surface area contributed by atoms with E-state index >= 15 is 0 Å². The van der Waals surface area contributed by atoms with Crippen molar-refractivity contribution in [2.75, 3.05) is 6.54 Å². The van der Waals surface area contributed by atoms with Crippen molar-refractivity contribution in [3.63, 3.8) is 0 Å². The highest BCUT2D eigenvalue weighted by molar-refractivity contribution is 5.73. The third kappa shape index (κ3) is 3.97. The molecule has 0 unspecified atom stereocenters. The van der Waals surface area contributed by atoms with Crippen molar-refractivity contribution in [1.29, 1.82) is 0 Å². The summed E-state index contributed by atoms with van der Waals surface area (Å²) in [6, 6.07) is 5.97. The van der Waals surface area contributed by atoms with Gasteiger partial charge >= 0.3 is 6.03 Å². The van der Waals surface area contributed by atoms with Crippen molar-refractivity contribution in [2.24, 2.45) is 0 Å². The zero-order valence-corrected chi connectivity index (χ0v) is 12.3. The van der Waals surface area contributed by atoms with Crippen LogP contribution in [0.2, 0.25) is 0 Å². The van der Waals surface area contributed by atoms with Gasteiger partial charge in [-0.1, -0.05) is 36.6 Å². The number of carbonyl (C=O) groups excluding carboxylic acids is 1. The van der Waals surface area contributed by atoms with E-state index in [4.69, 9.17) is 0 Å². The van der Waals surface area contributed by atoms with Gasteiger partial charge in [0, 0.05) is 13.1 Å². The molecular weight excluding hydrogens is 252 g/mol. The number of hydrogen-bond acceptors (Lipinski definition) is 2. The second-order valence-electron chi connectivity index (χ2n) is 5.90. The van der Waals surface area contributed by atoms with Crippen LogP contribution >= 0.6 is 0 Å². The predicted molar refractivity (Wildman–Crippen MR) is 79.6 cm³/mol. The molecule has 4 heteroatoms. The van der Waals surface area contributed by atoms with E-state index in [0.717, 1.165) is 31.2 Å². The summed E-state index contributed by atoms with van der Waals surface area (Å²) >= 11 is 0. The fraction of sp³-hybridized carbons (Fsp3) is 0.562. The Bertz CT molecular complexity index is 479.